The number of carbonyl (C=O) groups is 1. The van der Waals surface area contributed by atoms with E-state index in [1.165, 1.54) is 0 Å². The van der Waals surface area contributed by atoms with Crippen LogP contribution in [0.5, 0.6) is 5.75 Å². The van der Waals surface area contributed by atoms with E-state index in [1.54, 1.807) is 7.05 Å². The van der Waals surface area contributed by atoms with Gasteiger partial charge in [-0.15, -0.1) is 0 Å². The van der Waals surface area contributed by atoms with E-state index in [9.17, 15) is 4.79 Å². The fourth-order valence-corrected chi connectivity index (χ4v) is 2.40. The predicted octanol–water partition coefficient (Wildman–Crippen LogP) is -0.0291. The van der Waals surface area contributed by atoms with Crippen molar-refractivity contribution in [2.45, 2.75) is 12.6 Å². The van der Waals surface area contributed by atoms with Gasteiger partial charge in [0, 0.05) is 32.2 Å². The normalized spacial score (nSPS) is 19.2. The van der Waals surface area contributed by atoms with Crippen molar-refractivity contribution in [2.24, 2.45) is 5.73 Å². The zero-order chi connectivity index (χ0) is 15.1. The van der Waals surface area contributed by atoms with E-state index in [2.05, 4.69) is 10.2 Å². The van der Waals surface area contributed by atoms with Crippen LogP contribution in [-0.2, 0) is 16.1 Å². The lowest BCUT2D eigenvalue weighted by Gasteiger charge is -2.34. The monoisotopic (exact) mass is 293 g/mol. The quantitative estimate of drug-likeness (QED) is 0.770. The summed E-state index contributed by atoms with van der Waals surface area (Å²) in [6, 6.07) is 7.50. The third kappa shape index (κ3) is 4.17. The lowest BCUT2D eigenvalue weighted by molar-refractivity contribution is -0.132. The summed E-state index contributed by atoms with van der Waals surface area (Å²) in [6.07, 6.45) is 0. The molecule has 1 aliphatic rings. The lowest BCUT2D eigenvalue weighted by Crippen LogP contribution is -2.54. The second-order valence-electron chi connectivity index (χ2n) is 4.90. The van der Waals surface area contributed by atoms with Crippen LogP contribution in [0.1, 0.15) is 5.56 Å². The van der Waals surface area contributed by atoms with E-state index in [1.807, 2.05) is 24.3 Å². The average molecular weight is 293 g/mol. The van der Waals surface area contributed by atoms with Crippen LogP contribution in [0.3, 0.4) is 0 Å². The molecule has 1 atom stereocenters. The molecule has 1 unspecified atom stereocenters. The number of hydrogen-bond acceptors (Lipinski definition) is 5. The average Bonchev–Trinajstić information content (AvgIpc) is 2.55. The van der Waals surface area contributed by atoms with Crippen molar-refractivity contribution < 1.29 is 14.3 Å². The van der Waals surface area contributed by atoms with Crippen molar-refractivity contribution in [1.82, 2.24) is 10.2 Å². The highest BCUT2D eigenvalue weighted by atomic mass is 16.5. The largest absolute Gasteiger partial charge is 0.492 e. The topological polar surface area (TPSA) is 76.8 Å². The number of nitrogens with one attached hydrogen (secondary N) is 1. The number of rotatable bonds is 6. The molecular weight excluding hydrogens is 270 g/mol. The van der Waals surface area contributed by atoms with Gasteiger partial charge < -0.3 is 20.5 Å². The van der Waals surface area contributed by atoms with Gasteiger partial charge in [0.25, 0.3) is 0 Å². The summed E-state index contributed by atoms with van der Waals surface area (Å²) in [5.74, 6) is 0.793. The fraction of sp³-hybridized carbons (Fsp3) is 0.533. The second-order valence-corrected chi connectivity index (χ2v) is 4.90. The molecule has 1 aromatic carbocycles. The summed E-state index contributed by atoms with van der Waals surface area (Å²) in [5, 5.41) is 2.67. The summed E-state index contributed by atoms with van der Waals surface area (Å²) in [7, 11) is 1.64. The molecule has 0 bridgehead atoms. The molecule has 21 heavy (non-hydrogen) atoms. The van der Waals surface area contributed by atoms with Crippen LogP contribution < -0.4 is 15.8 Å². The van der Waals surface area contributed by atoms with Crippen molar-refractivity contribution in [3.63, 3.8) is 0 Å². The smallest absolute Gasteiger partial charge is 0.239 e. The molecule has 0 aromatic heterocycles. The summed E-state index contributed by atoms with van der Waals surface area (Å²) in [5.41, 5.74) is 6.67. The minimum absolute atomic E-state index is 0.0166. The highest BCUT2D eigenvalue weighted by Crippen LogP contribution is 2.17. The molecule has 0 radical (unpaired) electrons. The second kappa shape index (κ2) is 7.97. The number of likely N-dealkylation sites (N-methyl/N-ethyl adjacent to an activating group) is 1. The van der Waals surface area contributed by atoms with E-state index in [4.69, 9.17) is 15.2 Å². The molecule has 6 heteroatoms. The minimum atomic E-state index is -0.239. The van der Waals surface area contributed by atoms with Crippen LogP contribution in [0.4, 0.5) is 0 Å². The molecule has 0 spiro atoms. The molecule has 3 N–H and O–H groups in total. The first-order chi connectivity index (χ1) is 10.3. The first-order valence-corrected chi connectivity index (χ1v) is 7.20. The molecule has 1 aliphatic heterocycles. The van der Waals surface area contributed by atoms with Gasteiger partial charge in [0.1, 0.15) is 18.4 Å². The van der Waals surface area contributed by atoms with Crippen LogP contribution in [0.25, 0.3) is 0 Å². The zero-order valence-corrected chi connectivity index (χ0v) is 12.4. The highest BCUT2D eigenvalue weighted by molar-refractivity contribution is 5.81. The Balaban J connectivity index is 1.87. The third-order valence-electron chi connectivity index (χ3n) is 3.62. The van der Waals surface area contributed by atoms with Gasteiger partial charge in [-0.1, -0.05) is 18.2 Å². The maximum absolute atomic E-state index is 11.8. The molecule has 6 nitrogen and oxygen atoms in total. The van der Waals surface area contributed by atoms with E-state index < -0.39 is 0 Å². The van der Waals surface area contributed by atoms with Gasteiger partial charge in [0.05, 0.1) is 13.2 Å². The molecule has 1 amide bonds. The van der Waals surface area contributed by atoms with Crippen molar-refractivity contribution in [1.29, 1.82) is 0 Å². The number of ether oxygens (including phenoxy) is 2. The summed E-state index contributed by atoms with van der Waals surface area (Å²) < 4.78 is 11.2. The van der Waals surface area contributed by atoms with Crippen molar-refractivity contribution >= 4 is 5.91 Å². The molecule has 0 saturated carbocycles. The number of para-hydroxylation sites is 1. The Hall–Kier alpha value is -1.63. The van der Waals surface area contributed by atoms with Gasteiger partial charge in [-0.25, -0.2) is 0 Å². The Morgan fingerprint density at radius 3 is 3.10 bits per heavy atom. The Morgan fingerprint density at radius 2 is 2.33 bits per heavy atom. The summed E-state index contributed by atoms with van der Waals surface area (Å²) in [6.45, 7) is 3.46. The van der Waals surface area contributed by atoms with Gasteiger partial charge >= 0.3 is 0 Å². The van der Waals surface area contributed by atoms with Crippen LogP contribution in [-0.4, -0.2) is 56.8 Å². The van der Waals surface area contributed by atoms with E-state index in [0.717, 1.165) is 17.9 Å². The molecule has 1 aromatic rings. The Labute approximate surface area is 125 Å². The molecule has 2 rings (SSSR count). The van der Waals surface area contributed by atoms with Crippen LogP contribution in [0.2, 0.25) is 0 Å². The number of hydrogen-bond donors (Lipinski definition) is 2. The van der Waals surface area contributed by atoms with Gasteiger partial charge in [0.15, 0.2) is 0 Å². The van der Waals surface area contributed by atoms with Gasteiger partial charge in [-0.2, -0.15) is 0 Å². The highest BCUT2D eigenvalue weighted by Gasteiger charge is 2.28. The van der Waals surface area contributed by atoms with E-state index in [0.29, 0.717) is 32.9 Å². The lowest BCUT2D eigenvalue weighted by atomic mass is 10.2. The predicted molar refractivity (Wildman–Crippen MR) is 80.1 cm³/mol. The van der Waals surface area contributed by atoms with Crippen molar-refractivity contribution in [3.05, 3.63) is 29.8 Å². The van der Waals surface area contributed by atoms with Gasteiger partial charge in [-0.3, -0.25) is 9.69 Å². The van der Waals surface area contributed by atoms with E-state index >= 15 is 0 Å². The SMILES string of the molecule is CNC(=O)C1COCCN1CCOc1ccccc1CN. The van der Waals surface area contributed by atoms with Gasteiger partial charge in [0.2, 0.25) is 5.91 Å². The standard InChI is InChI=1S/C15H23N3O3/c1-17-15(19)13-11-20-8-6-18(13)7-9-21-14-5-3-2-4-12(14)10-16/h2-5,13H,6-11,16H2,1H3,(H,17,19). The number of nitrogens with zero attached hydrogens (tertiary/aromatic N) is 1. The maximum Gasteiger partial charge on any atom is 0.239 e. The van der Waals surface area contributed by atoms with Crippen LogP contribution in [0.15, 0.2) is 24.3 Å². The molecule has 0 aliphatic carbocycles. The molecular formula is C15H23N3O3. The Kier molecular flexibility index (Phi) is 5.98. The fourth-order valence-electron chi connectivity index (χ4n) is 2.40. The zero-order valence-electron chi connectivity index (χ0n) is 12.4. The van der Waals surface area contributed by atoms with Crippen molar-refractivity contribution in [2.75, 3.05) is 40.0 Å². The minimum Gasteiger partial charge on any atom is -0.492 e. The molecule has 1 saturated heterocycles. The van der Waals surface area contributed by atoms with Crippen LogP contribution >= 0.6 is 0 Å². The number of nitrogens with two attached hydrogens (primary N) is 1. The number of morpholine rings is 1. The van der Waals surface area contributed by atoms with E-state index in [-0.39, 0.29) is 11.9 Å². The Morgan fingerprint density at radius 1 is 1.52 bits per heavy atom. The first kappa shape index (κ1) is 15.8. The molecule has 116 valence electrons. The van der Waals surface area contributed by atoms with Crippen LogP contribution in [0, 0.1) is 0 Å². The number of amides is 1. The third-order valence-corrected chi connectivity index (χ3v) is 3.62. The van der Waals surface area contributed by atoms with Crippen molar-refractivity contribution in [3.8, 4) is 5.75 Å². The Bertz CT molecular complexity index is 467. The number of carbonyl (C=O) groups excluding carboxylic acids is 1. The first-order valence-electron chi connectivity index (χ1n) is 7.20. The molecule has 1 fully saturated rings. The maximum atomic E-state index is 11.8. The summed E-state index contributed by atoms with van der Waals surface area (Å²) in [4.78, 5) is 13.9. The molecule has 1 heterocycles. The summed E-state index contributed by atoms with van der Waals surface area (Å²) >= 11 is 0. The number of benzene rings is 1. The van der Waals surface area contributed by atoms with Gasteiger partial charge in [-0.05, 0) is 6.07 Å².